The summed E-state index contributed by atoms with van der Waals surface area (Å²) in [4.78, 5) is 41.0. The van der Waals surface area contributed by atoms with E-state index in [1.807, 2.05) is 6.07 Å². The van der Waals surface area contributed by atoms with Gasteiger partial charge in [-0.25, -0.2) is 0 Å². The minimum absolute atomic E-state index is 0.0808. The molecule has 1 aliphatic carbocycles. The maximum absolute atomic E-state index is 13.0. The first-order valence-electron chi connectivity index (χ1n) is 11.1. The minimum Gasteiger partial charge on any atom is -0.356 e. The van der Waals surface area contributed by atoms with Gasteiger partial charge in [-0.15, -0.1) is 0 Å². The predicted molar refractivity (Wildman–Crippen MR) is 127 cm³/mol. The predicted octanol–water partition coefficient (Wildman–Crippen LogP) is 3.41. The average molecular weight is 535 g/mol. The summed E-state index contributed by atoms with van der Waals surface area (Å²) in [6, 6.07) is 5.75. The van der Waals surface area contributed by atoms with Crippen molar-refractivity contribution in [3.05, 3.63) is 33.4 Å². The lowest BCUT2D eigenvalue weighted by Crippen LogP contribution is -2.50. The lowest BCUT2D eigenvalue weighted by molar-refractivity contribution is -0.128. The molecule has 1 aromatic heterocycles. The van der Waals surface area contributed by atoms with E-state index in [1.54, 1.807) is 12.1 Å². The van der Waals surface area contributed by atoms with E-state index in [0.29, 0.717) is 46.9 Å². The van der Waals surface area contributed by atoms with Gasteiger partial charge in [0.15, 0.2) is 0 Å². The molecule has 1 aromatic carbocycles. The highest BCUT2D eigenvalue weighted by Crippen LogP contribution is 2.34. The van der Waals surface area contributed by atoms with Gasteiger partial charge in [-0.1, -0.05) is 40.4 Å². The molecule has 2 heterocycles. The van der Waals surface area contributed by atoms with Crippen LogP contribution in [0.4, 0.5) is 0 Å². The van der Waals surface area contributed by atoms with E-state index in [0.717, 1.165) is 23.7 Å². The van der Waals surface area contributed by atoms with Crippen molar-refractivity contribution in [1.29, 1.82) is 5.26 Å². The summed E-state index contributed by atoms with van der Waals surface area (Å²) in [5.41, 5.74) is 1.01. The van der Waals surface area contributed by atoms with Crippen LogP contribution in [0.3, 0.4) is 0 Å². The van der Waals surface area contributed by atoms with Crippen LogP contribution in [0.15, 0.2) is 22.7 Å². The number of piperidine rings is 1. The number of nitriles is 1. The number of nitrogens with one attached hydrogen (secondary N) is 4. The Morgan fingerprint density at radius 3 is 2.70 bits per heavy atom. The maximum atomic E-state index is 13.0. The fraction of sp³-hybridized carbons (Fsp3) is 0.478. The van der Waals surface area contributed by atoms with Gasteiger partial charge in [0.1, 0.15) is 17.8 Å². The van der Waals surface area contributed by atoms with Crippen molar-refractivity contribution in [3.63, 3.8) is 0 Å². The molecule has 174 valence electrons. The summed E-state index contributed by atoms with van der Waals surface area (Å²) < 4.78 is 0.786. The Balaban J connectivity index is 1.44. The first-order chi connectivity index (χ1) is 15.8. The topological polar surface area (TPSA) is 127 Å². The normalized spacial score (nSPS) is 19.9. The Bertz CT molecular complexity index is 1120. The molecule has 4 N–H and O–H groups in total. The van der Waals surface area contributed by atoms with Crippen molar-refractivity contribution >= 4 is 56.2 Å². The standard InChI is InChI=1S/C23H25BrClN5O3/c24-14-8-17(25)16-10-20(29-18(16)9-14)23(33)30-19(6-12-3-4-12)22(32)28-15(11-26)7-13-2-1-5-27-21(13)31/h8-10,12-13,15,19,29H,1-7H2,(H,27,31)(H,28,32)(H,30,33)/t13-,15-,19-/m0/s1. The number of benzene rings is 1. The van der Waals surface area contributed by atoms with E-state index >= 15 is 0 Å². The molecule has 0 bridgehead atoms. The average Bonchev–Trinajstić information content (AvgIpc) is 3.49. The molecule has 0 unspecified atom stereocenters. The zero-order valence-corrected chi connectivity index (χ0v) is 20.3. The Labute approximate surface area is 204 Å². The van der Waals surface area contributed by atoms with Gasteiger partial charge >= 0.3 is 0 Å². The number of aromatic nitrogens is 1. The third-order valence-electron chi connectivity index (χ3n) is 6.18. The molecule has 8 nitrogen and oxygen atoms in total. The molecule has 33 heavy (non-hydrogen) atoms. The highest BCUT2D eigenvalue weighted by atomic mass is 79.9. The van der Waals surface area contributed by atoms with E-state index < -0.39 is 23.9 Å². The van der Waals surface area contributed by atoms with E-state index in [4.69, 9.17) is 11.6 Å². The summed E-state index contributed by atoms with van der Waals surface area (Å²) in [7, 11) is 0. The Hall–Kier alpha value is -2.57. The summed E-state index contributed by atoms with van der Waals surface area (Å²) >= 11 is 9.65. The number of carbonyl (C=O) groups excluding carboxylic acids is 3. The fourth-order valence-corrected chi connectivity index (χ4v) is 5.06. The van der Waals surface area contributed by atoms with Gasteiger partial charge in [-0.05, 0) is 49.8 Å². The molecule has 2 aliphatic rings. The molecule has 4 rings (SSSR count). The molecular weight excluding hydrogens is 510 g/mol. The molecule has 2 aromatic rings. The number of H-pyrrole nitrogens is 1. The largest absolute Gasteiger partial charge is 0.356 e. The highest BCUT2D eigenvalue weighted by molar-refractivity contribution is 9.10. The zero-order chi connectivity index (χ0) is 23.5. The van der Waals surface area contributed by atoms with Crippen molar-refractivity contribution in [2.24, 2.45) is 11.8 Å². The third kappa shape index (κ3) is 5.87. The second kappa shape index (κ2) is 10.1. The van der Waals surface area contributed by atoms with Crippen molar-refractivity contribution in [2.75, 3.05) is 6.54 Å². The number of halogens is 2. The number of hydrogen-bond donors (Lipinski definition) is 4. The smallest absolute Gasteiger partial charge is 0.268 e. The van der Waals surface area contributed by atoms with Crippen molar-refractivity contribution < 1.29 is 14.4 Å². The van der Waals surface area contributed by atoms with Crippen molar-refractivity contribution in [2.45, 2.75) is 50.6 Å². The summed E-state index contributed by atoms with van der Waals surface area (Å²) in [6.45, 7) is 0.643. The number of fused-ring (bicyclic) bond motifs is 1. The summed E-state index contributed by atoms with van der Waals surface area (Å²) in [5, 5.41) is 19.1. The van der Waals surface area contributed by atoms with Crippen LogP contribution in [-0.2, 0) is 9.59 Å². The SMILES string of the molecule is N#C[C@H](C[C@@H]1CCCNC1=O)NC(=O)[C@H](CC1CC1)NC(=O)c1cc2c(Cl)cc(Br)cc2[nH]1. The quantitative estimate of drug-likeness (QED) is 0.414. The van der Waals surface area contributed by atoms with Gasteiger partial charge in [0, 0.05) is 27.8 Å². The Morgan fingerprint density at radius 2 is 2.00 bits per heavy atom. The van der Waals surface area contributed by atoms with Crippen LogP contribution in [0.2, 0.25) is 5.02 Å². The van der Waals surface area contributed by atoms with Gasteiger partial charge in [-0.3, -0.25) is 14.4 Å². The number of rotatable bonds is 8. The molecule has 0 spiro atoms. The molecule has 2 fully saturated rings. The number of aromatic amines is 1. The lowest BCUT2D eigenvalue weighted by atomic mass is 9.92. The van der Waals surface area contributed by atoms with Crippen LogP contribution in [-0.4, -0.2) is 41.3 Å². The van der Waals surface area contributed by atoms with E-state index in [2.05, 4.69) is 42.9 Å². The third-order valence-corrected chi connectivity index (χ3v) is 6.95. The Kier molecular flexibility index (Phi) is 7.25. The first kappa shape index (κ1) is 23.6. The number of hydrogen-bond acceptors (Lipinski definition) is 4. The van der Waals surface area contributed by atoms with E-state index in [9.17, 15) is 19.6 Å². The van der Waals surface area contributed by atoms with E-state index in [1.165, 1.54) is 0 Å². The molecule has 0 radical (unpaired) electrons. The number of carbonyl (C=O) groups is 3. The van der Waals surface area contributed by atoms with Crippen LogP contribution in [0.1, 0.15) is 49.0 Å². The number of nitrogens with zero attached hydrogens (tertiary/aromatic N) is 1. The van der Waals surface area contributed by atoms with Gasteiger partial charge in [-0.2, -0.15) is 5.26 Å². The molecule has 1 saturated carbocycles. The van der Waals surface area contributed by atoms with Crippen LogP contribution in [0, 0.1) is 23.2 Å². The zero-order valence-electron chi connectivity index (χ0n) is 17.9. The molecule has 3 amide bonds. The molecule has 3 atom stereocenters. The molecule has 10 heteroatoms. The van der Waals surface area contributed by atoms with E-state index in [-0.39, 0.29) is 18.2 Å². The van der Waals surface area contributed by atoms with Crippen LogP contribution in [0.25, 0.3) is 10.9 Å². The van der Waals surface area contributed by atoms with Gasteiger partial charge in [0.05, 0.1) is 11.1 Å². The maximum Gasteiger partial charge on any atom is 0.268 e. The molecule has 1 aliphatic heterocycles. The van der Waals surface area contributed by atoms with Crippen LogP contribution < -0.4 is 16.0 Å². The van der Waals surface area contributed by atoms with Gasteiger partial charge < -0.3 is 20.9 Å². The summed E-state index contributed by atoms with van der Waals surface area (Å²) in [6.07, 6.45) is 4.34. The second-order valence-electron chi connectivity index (χ2n) is 8.79. The second-order valence-corrected chi connectivity index (χ2v) is 10.1. The van der Waals surface area contributed by atoms with Crippen LogP contribution >= 0.6 is 27.5 Å². The minimum atomic E-state index is -0.797. The summed E-state index contributed by atoms with van der Waals surface area (Å²) in [5.74, 6) is -0.827. The molecular formula is C23H25BrClN5O3. The lowest BCUT2D eigenvalue weighted by Gasteiger charge is -2.25. The highest BCUT2D eigenvalue weighted by Gasteiger charge is 2.33. The van der Waals surface area contributed by atoms with Gasteiger partial charge in [0.25, 0.3) is 5.91 Å². The van der Waals surface area contributed by atoms with Gasteiger partial charge in [0.2, 0.25) is 11.8 Å². The number of amides is 3. The first-order valence-corrected chi connectivity index (χ1v) is 12.3. The Morgan fingerprint density at radius 1 is 1.21 bits per heavy atom. The van der Waals surface area contributed by atoms with Crippen molar-refractivity contribution in [1.82, 2.24) is 20.9 Å². The fourth-order valence-electron chi connectivity index (χ4n) is 4.20. The van der Waals surface area contributed by atoms with Crippen LogP contribution in [0.5, 0.6) is 0 Å². The monoisotopic (exact) mass is 533 g/mol. The van der Waals surface area contributed by atoms with Crippen molar-refractivity contribution in [3.8, 4) is 6.07 Å². The molecule has 1 saturated heterocycles.